The van der Waals surface area contributed by atoms with Gasteiger partial charge in [-0.1, -0.05) is 20.8 Å². The maximum Gasteiger partial charge on any atom is 0.306 e. The largest absolute Gasteiger partial charge is 0.481 e. The first-order chi connectivity index (χ1) is 12.2. The summed E-state index contributed by atoms with van der Waals surface area (Å²) in [5.74, 6) is -0.943. The number of carboxylic acids is 1. The predicted molar refractivity (Wildman–Crippen MR) is 104 cm³/mol. The van der Waals surface area contributed by atoms with Crippen molar-refractivity contribution in [3.63, 3.8) is 0 Å². The molecule has 1 aromatic carbocycles. The Morgan fingerprint density at radius 3 is 2.23 bits per heavy atom. The molecule has 0 bridgehead atoms. The second-order valence-corrected chi connectivity index (χ2v) is 9.23. The zero-order valence-corrected chi connectivity index (χ0v) is 16.3. The minimum atomic E-state index is -0.790. The average Bonchev–Trinajstić information content (AvgIpc) is 2.59. The van der Waals surface area contributed by atoms with Gasteiger partial charge >= 0.3 is 5.97 Å². The first-order valence-corrected chi connectivity index (χ1v) is 9.70. The molecule has 6 nitrogen and oxygen atoms in total. The van der Waals surface area contributed by atoms with Crippen LogP contribution in [0.3, 0.4) is 0 Å². The lowest BCUT2D eigenvalue weighted by Crippen LogP contribution is -2.40. The highest BCUT2D eigenvalue weighted by Crippen LogP contribution is 2.23. The number of anilines is 1. The number of hydrogen-bond donors (Lipinski definition) is 2. The molecule has 0 atom stereocenters. The fourth-order valence-electron chi connectivity index (χ4n) is 2.69. The summed E-state index contributed by atoms with van der Waals surface area (Å²) >= 11 is 1.58. The molecule has 1 heterocycles. The van der Waals surface area contributed by atoms with Gasteiger partial charge < -0.3 is 15.3 Å². The topological polar surface area (TPSA) is 86.7 Å². The van der Waals surface area contributed by atoms with Crippen LogP contribution in [-0.4, -0.2) is 51.4 Å². The number of piperidine rings is 1. The second kappa shape index (κ2) is 8.58. The van der Waals surface area contributed by atoms with Crippen LogP contribution in [0.15, 0.2) is 24.3 Å². The molecule has 0 spiro atoms. The van der Waals surface area contributed by atoms with Crippen LogP contribution in [0.25, 0.3) is 0 Å². The Balaban J connectivity index is 1.88. The van der Waals surface area contributed by atoms with Crippen molar-refractivity contribution in [1.29, 1.82) is 0 Å². The van der Waals surface area contributed by atoms with Crippen LogP contribution in [-0.2, 0) is 9.59 Å². The minimum Gasteiger partial charge on any atom is -0.481 e. The van der Waals surface area contributed by atoms with Crippen molar-refractivity contribution in [2.45, 2.75) is 38.4 Å². The number of rotatable bonds is 5. The smallest absolute Gasteiger partial charge is 0.306 e. The number of aliphatic carboxylic acids is 1. The molecule has 0 radical (unpaired) electrons. The van der Waals surface area contributed by atoms with Crippen LogP contribution in [0.2, 0.25) is 0 Å². The Hall–Kier alpha value is -2.02. The molecule has 0 aliphatic carbocycles. The summed E-state index contributed by atoms with van der Waals surface area (Å²) in [5, 5.41) is 11.9. The third kappa shape index (κ3) is 6.05. The molecule has 26 heavy (non-hydrogen) atoms. The van der Waals surface area contributed by atoms with Gasteiger partial charge in [-0.25, -0.2) is 0 Å². The molecule has 1 fully saturated rings. The number of nitrogens with zero attached hydrogens (tertiary/aromatic N) is 1. The predicted octanol–water partition coefficient (Wildman–Crippen LogP) is 3.09. The van der Waals surface area contributed by atoms with Crippen LogP contribution >= 0.6 is 11.8 Å². The molecule has 1 aliphatic rings. The summed E-state index contributed by atoms with van der Waals surface area (Å²) in [7, 11) is 0. The molecule has 2 rings (SSSR count). The summed E-state index contributed by atoms with van der Waals surface area (Å²) in [4.78, 5) is 37.1. The Labute approximate surface area is 158 Å². The monoisotopic (exact) mass is 378 g/mol. The molecule has 1 aromatic rings. The molecule has 0 saturated carbocycles. The van der Waals surface area contributed by atoms with Gasteiger partial charge in [0.15, 0.2) is 0 Å². The Morgan fingerprint density at radius 1 is 1.15 bits per heavy atom. The fourth-order valence-corrected chi connectivity index (χ4v) is 3.32. The van der Waals surface area contributed by atoms with Gasteiger partial charge in [-0.05, 0) is 37.1 Å². The van der Waals surface area contributed by atoms with Gasteiger partial charge in [-0.3, -0.25) is 14.4 Å². The van der Waals surface area contributed by atoms with Gasteiger partial charge in [0.1, 0.15) is 0 Å². The fraction of sp³-hybridized carbons (Fsp3) is 0.526. The van der Waals surface area contributed by atoms with Gasteiger partial charge in [0, 0.05) is 29.1 Å². The molecule has 1 aliphatic heterocycles. The van der Waals surface area contributed by atoms with Gasteiger partial charge in [-0.15, -0.1) is 11.8 Å². The van der Waals surface area contributed by atoms with E-state index in [1.807, 2.05) is 0 Å². The Morgan fingerprint density at radius 2 is 1.73 bits per heavy atom. The number of hydrogen-bond acceptors (Lipinski definition) is 4. The highest BCUT2D eigenvalue weighted by atomic mass is 32.2. The lowest BCUT2D eigenvalue weighted by molar-refractivity contribution is -0.143. The van der Waals surface area contributed by atoms with E-state index in [2.05, 4.69) is 26.1 Å². The normalized spacial score (nSPS) is 15.6. The van der Waals surface area contributed by atoms with Crippen LogP contribution in [0.1, 0.15) is 44.0 Å². The van der Waals surface area contributed by atoms with Crippen LogP contribution in [0, 0.1) is 5.92 Å². The number of amides is 2. The summed E-state index contributed by atoms with van der Waals surface area (Å²) in [6, 6.07) is 6.82. The van der Waals surface area contributed by atoms with Crippen molar-refractivity contribution in [1.82, 2.24) is 4.90 Å². The minimum absolute atomic E-state index is 0.0295. The van der Waals surface area contributed by atoms with E-state index in [9.17, 15) is 14.4 Å². The number of carbonyl (C=O) groups excluding carboxylic acids is 2. The summed E-state index contributed by atoms with van der Waals surface area (Å²) < 4.78 is 0.0295. The van der Waals surface area contributed by atoms with E-state index >= 15 is 0 Å². The van der Waals surface area contributed by atoms with Crippen LogP contribution < -0.4 is 5.32 Å². The van der Waals surface area contributed by atoms with E-state index in [4.69, 9.17) is 5.11 Å². The molecule has 1 saturated heterocycles. The summed E-state index contributed by atoms with van der Waals surface area (Å²) in [5.41, 5.74) is 1.20. The quantitative estimate of drug-likeness (QED) is 0.822. The molecule has 2 amide bonds. The molecule has 0 aromatic heterocycles. The second-order valence-electron chi connectivity index (χ2n) is 7.43. The molecule has 2 N–H and O–H groups in total. The molecule has 142 valence electrons. The van der Waals surface area contributed by atoms with Crippen molar-refractivity contribution >= 4 is 35.2 Å². The number of carbonyl (C=O) groups is 3. The van der Waals surface area contributed by atoms with Crippen molar-refractivity contribution in [2.24, 2.45) is 5.92 Å². The zero-order chi connectivity index (χ0) is 19.3. The van der Waals surface area contributed by atoms with Gasteiger partial charge in [0.05, 0.1) is 11.7 Å². The third-order valence-corrected chi connectivity index (χ3v) is 5.46. The van der Waals surface area contributed by atoms with Gasteiger partial charge in [0.25, 0.3) is 5.91 Å². The van der Waals surface area contributed by atoms with Crippen LogP contribution in [0.4, 0.5) is 5.69 Å². The van der Waals surface area contributed by atoms with E-state index in [0.29, 0.717) is 42.9 Å². The van der Waals surface area contributed by atoms with E-state index in [1.165, 1.54) is 0 Å². The molecule has 0 unspecified atom stereocenters. The van der Waals surface area contributed by atoms with E-state index in [0.717, 1.165) is 0 Å². The lowest BCUT2D eigenvalue weighted by Gasteiger charge is -2.30. The Kier molecular flexibility index (Phi) is 6.69. The van der Waals surface area contributed by atoms with Crippen molar-refractivity contribution in [2.75, 3.05) is 24.2 Å². The summed E-state index contributed by atoms with van der Waals surface area (Å²) in [6.07, 6.45) is 0.974. The van der Waals surface area contributed by atoms with Gasteiger partial charge in [0.2, 0.25) is 5.91 Å². The number of carboxylic acid groups (broad SMARTS) is 1. The maximum absolute atomic E-state index is 12.5. The van der Waals surface area contributed by atoms with Gasteiger partial charge in [-0.2, -0.15) is 0 Å². The highest BCUT2D eigenvalue weighted by Gasteiger charge is 2.27. The number of nitrogens with one attached hydrogen (secondary N) is 1. The molecular weight excluding hydrogens is 352 g/mol. The van der Waals surface area contributed by atoms with Crippen molar-refractivity contribution in [3.8, 4) is 0 Å². The van der Waals surface area contributed by atoms with Crippen molar-refractivity contribution in [3.05, 3.63) is 29.8 Å². The third-order valence-electron chi connectivity index (χ3n) is 4.18. The molecule has 7 heteroatoms. The SMILES string of the molecule is CC(C)(C)SCC(=O)Nc1ccc(C(=O)N2CCC(C(=O)O)CC2)cc1. The van der Waals surface area contributed by atoms with E-state index in [-0.39, 0.29) is 22.5 Å². The van der Waals surface area contributed by atoms with E-state index < -0.39 is 5.97 Å². The van der Waals surface area contributed by atoms with E-state index in [1.54, 1.807) is 40.9 Å². The highest BCUT2D eigenvalue weighted by molar-refractivity contribution is 8.01. The van der Waals surface area contributed by atoms with Crippen LogP contribution in [0.5, 0.6) is 0 Å². The summed E-state index contributed by atoms with van der Waals surface area (Å²) in [6.45, 7) is 7.09. The number of likely N-dealkylation sites (tertiary alicyclic amines) is 1. The average molecular weight is 378 g/mol. The number of benzene rings is 1. The standard InChI is InChI=1S/C19H26N2O4S/c1-19(2,3)26-12-16(22)20-15-6-4-13(5-7-15)17(23)21-10-8-14(9-11-21)18(24)25/h4-7,14H,8-12H2,1-3H3,(H,20,22)(H,24,25). The maximum atomic E-state index is 12.5. The van der Waals surface area contributed by atoms with Crippen molar-refractivity contribution < 1.29 is 19.5 Å². The molecular formula is C19H26N2O4S. The first-order valence-electron chi connectivity index (χ1n) is 8.71. The first kappa shape index (κ1) is 20.3. The zero-order valence-electron chi connectivity index (χ0n) is 15.4. The Bertz CT molecular complexity index is 659. The number of thioether (sulfide) groups is 1. The lowest BCUT2D eigenvalue weighted by atomic mass is 9.96.